The summed E-state index contributed by atoms with van der Waals surface area (Å²) in [6, 6.07) is 8.85. The van der Waals surface area contributed by atoms with Gasteiger partial charge < -0.3 is 4.42 Å². The monoisotopic (exact) mass is 338 g/mol. The van der Waals surface area contributed by atoms with Crippen LogP contribution in [0.1, 0.15) is 11.1 Å². The molecule has 2 aromatic carbocycles. The molecule has 0 amide bonds. The minimum Gasteiger partial charge on any atom is -0.464 e. The quantitative estimate of drug-likeness (QED) is 0.310. The van der Waals surface area contributed by atoms with Gasteiger partial charge in [0.05, 0.1) is 17.5 Å². The lowest BCUT2D eigenvalue weighted by atomic mass is 10.1. The number of furan rings is 1. The van der Waals surface area contributed by atoms with Crippen molar-refractivity contribution in [3.05, 3.63) is 65.7 Å². The highest BCUT2D eigenvalue weighted by atomic mass is 19.4. The highest BCUT2D eigenvalue weighted by molar-refractivity contribution is 6.02. The van der Waals surface area contributed by atoms with Crippen molar-refractivity contribution in [2.45, 2.75) is 6.18 Å². The molecule has 0 aliphatic heterocycles. The second-order valence-corrected chi connectivity index (χ2v) is 4.91. The van der Waals surface area contributed by atoms with Gasteiger partial charge in [-0.15, -0.1) is 0 Å². The van der Waals surface area contributed by atoms with Crippen molar-refractivity contribution in [2.75, 3.05) is 0 Å². The van der Waals surface area contributed by atoms with Crippen molar-refractivity contribution in [3.8, 4) is 0 Å². The van der Waals surface area contributed by atoms with E-state index < -0.39 is 17.6 Å². The highest BCUT2D eigenvalue weighted by Crippen LogP contribution is 2.33. The molecule has 1 heterocycles. The van der Waals surface area contributed by atoms with Crippen molar-refractivity contribution in [1.29, 1.82) is 0 Å². The summed E-state index contributed by atoms with van der Waals surface area (Å²) >= 11 is 0. The first kappa shape index (κ1) is 16.0. The maximum Gasteiger partial charge on any atom is 0.419 e. The molecule has 1 aromatic heterocycles. The predicted octanol–water partition coefficient (Wildman–Crippen LogP) is 4.65. The molecule has 2 N–H and O–H groups in total. The third-order valence-corrected chi connectivity index (χ3v) is 3.33. The first-order valence-corrected chi connectivity index (χ1v) is 6.71. The van der Waals surface area contributed by atoms with E-state index in [9.17, 15) is 22.8 Å². The van der Waals surface area contributed by atoms with Crippen LogP contribution in [0.5, 0.6) is 0 Å². The third kappa shape index (κ3) is 3.09. The molecular weight excluding hydrogens is 328 g/mol. The summed E-state index contributed by atoms with van der Waals surface area (Å²) in [4.78, 5) is 3.91. The van der Waals surface area contributed by atoms with Crippen molar-refractivity contribution in [2.24, 2.45) is 4.99 Å². The number of rotatable bonds is 2. The third-order valence-electron chi connectivity index (χ3n) is 3.33. The van der Waals surface area contributed by atoms with Crippen LogP contribution in [0.3, 0.4) is 0 Å². The topological polar surface area (TPSA) is 57.8 Å². The van der Waals surface area contributed by atoms with Gasteiger partial charge in [-0.1, -0.05) is 0 Å². The van der Waals surface area contributed by atoms with Crippen LogP contribution in [0.2, 0.25) is 0 Å². The summed E-state index contributed by atoms with van der Waals surface area (Å²) in [7, 11) is 0. The van der Waals surface area contributed by atoms with E-state index in [4.69, 9.17) is 4.42 Å². The van der Waals surface area contributed by atoms with Gasteiger partial charge in [-0.25, -0.2) is 9.38 Å². The van der Waals surface area contributed by atoms with Gasteiger partial charge in [0.1, 0.15) is 11.4 Å². The van der Waals surface area contributed by atoms with Crippen LogP contribution < -0.4 is 5.48 Å². The summed E-state index contributed by atoms with van der Waals surface area (Å²) in [6.07, 6.45) is -3.36. The zero-order valence-electron chi connectivity index (χ0n) is 11.9. The van der Waals surface area contributed by atoms with Crippen molar-refractivity contribution in [3.63, 3.8) is 0 Å². The second-order valence-electron chi connectivity index (χ2n) is 4.91. The van der Waals surface area contributed by atoms with Gasteiger partial charge in [0, 0.05) is 10.9 Å². The molecule has 8 heteroatoms. The number of aliphatic imine (C=N–C) groups is 1. The SMILES string of the molecule is ONC(=Nc1ccc(F)c(C(F)(F)F)c1)c1ccc2occc2c1. The van der Waals surface area contributed by atoms with Gasteiger partial charge >= 0.3 is 6.18 Å². The minimum absolute atomic E-state index is 0.0853. The minimum atomic E-state index is -4.84. The normalized spacial score (nSPS) is 12.6. The molecule has 0 aliphatic carbocycles. The Bertz CT molecular complexity index is 916. The Labute approximate surface area is 133 Å². The van der Waals surface area contributed by atoms with Gasteiger partial charge in [-0.3, -0.25) is 10.7 Å². The Morgan fingerprint density at radius 2 is 1.88 bits per heavy atom. The van der Waals surface area contributed by atoms with Crippen molar-refractivity contribution >= 4 is 22.5 Å². The molecule has 0 atom stereocenters. The molecule has 3 rings (SSSR count). The fourth-order valence-electron chi connectivity index (χ4n) is 2.20. The molecule has 3 aromatic rings. The van der Waals surface area contributed by atoms with E-state index >= 15 is 0 Å². The van der Waals surface area contributed by atoms with E-state index in [0.29, 0.717) is 23.3 Å². The lowest BCUT2D eigenvalue weighted by Gasteiger charge is -2.09. The zero-order chi connectivity index (χ0) is 17.3. The maximum atomic E-state index is 13.3. The van der Waals surface area contributed by atoms with Crippen LogP contribution in [0, 0.1) is 5.82 Å². The average molecular weight is 338 g/mol. The molecule has 0 unspecified atom stereocenters. The number of fused-ring (bicyclic) bond motifs is 1. The van der Waals surface area contributed by atoms with Gasteiger partial charge in [0.15, 0.2) is 5.84 Å². The van der Waals surface area contributed by atoms with E-state index in [2.05, 4.69) is 4.99 Å². The summed E-state index contributed by atoms with van der Waals surface area (Å²) in [6.45, 7) is 0. The molecule has 0 bridgehead atoms. The average Bonchev–Trinajstić information content (AvgIpc) is 3.00. The van der Waals surface area contributed by atoms with Crippen molar-refractivity contribution < 1.29 is 27.2 Å². The van der Waals surface area contributed by atoms with E-state index in [1.165, 1.54) is 6.26 Å². The number of hydroxylamine groups is 1. The summed E-state index contributed by atoms with van der Waals surface area (Å²) in [5, 5.41) is 9.97. The lowest BCUT2D eigenvalue weighted by molar-refractivity contribution is -0.139. The Kier molecular flexibility index (Phi) is 3.98. The number of nitrogens with zero attached hydrogens (tertiary/aromatic N) is 1. The highest BCUT2D eigenvalue weighted by Gasteiger charge is 2.34. The van der Waals surface area contributed by atoms with Crippen molar-refractivity contribution in [1.82, 2.24) is 5.48 Å². The smallest absolute Gasteiger partial charge is 0.419 e. The predicted molar refractivity (Wildman–Crippen MR) is 78.7 cm³/mol. The largest absolute Gasteiger partial charge is 0.464 e. The molecule has 24 heavy (non-hydrogen) atoms. The molecule has 4 nitrogen and oxygen atoms in total. The van der Waals surface area contributed by atoms with Gasteiger partial charge in [0.2, 0.25) is 0 Å². The van der Waals surface area contributed by atoms with Crippen LogP contribution in [0.4, 0.5) is 23.2 Å². The number of nitrogens with one attached hydrogen (secondary N) is 1. The maximum absolute atomic E-state index is 13.3. The second kappa shape index (κ2) is 5.97. The number of hydrogen-bond acceptors (Lipinski definition) is 3. The number of hydrogen-bond donors (Lipinski definition) is 2. The number of alkyl halides is 3. The number of amidine groups is 1. The molecule has 0 aliphatic rings. The Morgan fingerprint density at radius 3 is 2.58 bits per heavy atom. The van der Waals surface area contributed by atoms with Crippen LogP contribution in [-0.4, -0.2) is 11.0 Å². The Balaban J connectivity index is 2.04. The van der Waals surface area contributed by atoms with E-state index in [1.807, 2.05) is 5.48 Å². The molecule has 0 spiro atoms. The fraction of sp³-hybridized carbons (Fsp3) is 0.0625. The van der Waals surface area contributed by atoms with Crippen LogP contribution in [0.25, 0.3) is 11.0 Å². The Hall–Kier alpha value is -2.87. The molecular formula is C16H10F4N2O2. The molecule has 0 fully saturated rings. The van der Waals surface area contributed by atoms with Crippen LogP contribution >= 0.6 is 0 Å². The van der Waals surface area contributed by atoms with E-state index in [0.717, 1.165) is 11.5 Å². The van der Waals surface area contributed by atoms with Crippen LogP contribution in [0.15, 0.2) is 58.1 Å². The van der Waals surface area contributed by atoms with E-state index in [1.54, 1.807) is 24.3 Å². The summed E-state index contributed by atoms with van der Waals surface area (Å²) < 4.78 is 56.7. The fourth-order valence-corrected chi connectivity index (χ4v) is 2.20. The summed E-state index contributed by atoms with van der Waals surface area (Å²) in [5.74, 6) is -1.47. The first-order valence-electron chi connectivity index (χ1n) is 6.71. The standard InChI is InChI=1S/C16H10F4N2O2/c17-13-3-2-11(8-12(13)16(18,19)20)21-15(22-23)10-1-4-14-9(7-10)5-6-24-14/h1-8,23H,(H,21,22). The van der Waals surface area contributed by atoms with Crippen LogP contribution in [-0.2, 0) is 6.18 Å². The molecule has 0 saturated carbocycles. The first-order chi connectivity index (χ1) is 11.4. The number of halogens is 4. The van der Waals surface area contributed by atoms with Gasteiger partial charge in [0.25, 0.3) is 0 Å². The molecule has 0 saturated heterocycles. The Morgan fingerprint density at radius 1 is 1.08 bits per heavy atom. The number of benzene rings is 2. The lowest BCUT2D eigenvalue weighted by Crippen LogP contribution is -2.20. The summed E-state index contributed by atoms with van der Waals surface area (Å²) in [5.41, 5.74) is 1.29. The molecule has 0 radical (unpaired) electrons. The van der Waals surface area contributed by atoms with Gasteiger partial charge in [-0.05, 0) is 42.5 Å². The zero-order valence-corrected chi connectivity index (χ0v) is 11.9. The van der Waals surface area contributed by atoms with E-state index in [-0.39, 0.29) is 11.5 Å². The molecule has 124 valence electrons. The van der Waals surface area contributed by atoms with Gasteiger partial charge in [-0.2, -0.15) is 13.2 Å².